The molecule has 0 aromatic carbocycles. The van der Waals surface area contributed by atoms with E-state index in [2.05, 4.69) is 34.9 Å². The summed E-state index contributed by atoms with van der Waals surface area (Å²) in [5, 5.41) is 4.31. The molecule has 0 aliphatic carbocycles. The first-order valence-corrected chi connectivity index (χ1v) is 3.60. The van der Waals surface area contributed by atoms with Crippen molar-refractivity contribution in [2.24, 2.45) is 10.1 Å². The maximum absolute atomic E-state index is 4.08. The molecule has 0 unspecified atom stereocenters. The van der Waals surface area contributed by atoms with E-state index in [0.29, 0.717) is 0 Å². The summed E-state index contributed by atoms with van der Waals surface area (Å²) in [4.78, 5) is 4.08. The van der Waals surface area contributed by atoms with Gasteiger partial charge in [0, 0.05) is 19.8 Å². The fourth-order valence-corrected chi connectivity index (χ4v) is 0.578. The minimum Gasteiger partial charge on any atom is -0.311 e. The number of thiol groups is 1. The van der Waals surface area contributed by atoms with Crippen LogP contribution in [0.25, 0.3) is 0 Å². The van der Waals surface area contributed by atoms with Gasteiger partial charge in [-0.2, -0.15) is 5.10 Å². The summed E-state index contributed by atoms with van der Waals surface area (Å²) in [6.45, 7) is 6.78. The lowest BCUT2D eigenvalue weighted by Crippen LogP contribution is -2.07. The van der Waals surface area contributed by atoms with Crippen LogP contribution in [-0.4, -0.2) is 24.9 Å². The Morgan fingerprint density at radius 1 is 1.70 bits per heavy atom. The summed E-state index contributed by atoms with van der Waals surface area (Å²) in [7, 11) is 0. The molecular weight excluding hydrogens is 146 g/mol. The van der Waals surface area contributed by atoms with Crippen molar-refractivity contribution in [1.29, 1.82) is 0 Å². The smallest absolute Gasteiger partial charge is 0.0614 e. The molecule has 0 aromatic rings. The lowest BCUT2D eigenvalue weighted by molar-refractivity contribution is 0.694. The highest BCUT2D eigenvalue weighted by Crippen LogP contribution is 1.85. The number of hydrogen-bond acceptors (Lipinski definition) is 3. The second-order valence-corrected chi connectivity index (χ2v) is 2.50. The van der Waals surface area contributed by atoms with Gasteiger partial charge in [-0.1, -0.05) is 0 Å². The minimum absolute atomic E-state index is 0.803. The fraction of sp³-hybridized carbons (Fsp3) is 0.667. The van der Waals surface area contributed by atoms with Crippen molar-refractivity contribution in [2.75, 3.05) is 13.1 Å². The van der Waals surface area contributed by atoms with E-state index in [4.69, 9.17) is 0 Å². The predicted molar refractivity (Wildman–Crippen MR) is 49.1 cm³/mol. The third-order valence-electron chi connectivity index (χ3n) is 0.899. The van der Waals surface area contributed by atoms with Crippen LogP contribution in [0.4, 0.5) is 0 Å². The second-order valence-electron chi connectivity index (χ2n) is 1.85. The van der Waals surface area contributed by atoms with Crippen LogP contribution >= 0.6 is 12.6 Å². The van der Waals surface area contributed by atoms with E-state index in [9.17, 15) is 0 Å². The molecule has 0 aliphatic rings. The van der Waals surface area contributed by atoms with Crippen LogP contribution in [0, 0.1) is 0 Å². The summed E-state index contributed by atoms with van der Waals surface area (Å²) in [6.07, 6.45) is 0.969. The summed E-state index contributed by atoms with van der Waals surface area (Å²) in [5.41, 5.74) is 2.74. The average Bonchev–Trinajstić information content (AvgIpc) is 1.87. The second kappa shape index (κ2) is 6.61. The molecule has 4 heteroatoms. The molecule has 0 aromatic heterocycles. The van der Waals surface area contributed by atoms with Crippen molar-refractivity contribution >= 4 is 24.4 Å². The maximum Gasteiger partial charge on any atom is 0.0614 e. The monoisotopic (exact) mass is 159 g/mol. The van der Waals surface area contributed by atoms with Crippen LogP contribution in [0.15, 0.2) is 10.1 Å². The van der Waals surface area contributed by atoms with Gasteiger partial charge in [0.15, 0.2) is 0 Å². The molecule has 0 saturated heterocycles. The molecular formula is C6H13N3S. The first kappa shape index (κ1) is 9.49. The van der Waals surface area contributed by atoms with Crippen molar-refractivity contribution in [3.8, 4) is 0 Å². The molecule has 3 nitrogen and oxygen atoms in total. The molecule has 0 rings (SSSR count). The number of hydrogen-bond donors (Lipinski definition) is 2. The summed E-state index contributed by atoms with van der Waals surface area (Å²) < 4.78 is 0. The van der Waals surface area contributed by atoms with Crippen LogP contribution in [0.1, 0.15) is 13.3 Å². The van der Waals surface area contributed by atoms with Gasteiger partial charge in [-0.25, -0.2) is 0 Å². The van der Waals surface area contributed by atoms with Crippen molar-refractivity contribution in [3.05, 3.63) is 0 Å². The normalized spacial score (nSPS) is 11.2. The summed E-state index contributed by atoms with van der Waals surface area (Å²) >= 11 is 4.02. The molecule has 0 aliphatic heterocycles. The van der Waals surface area contributed by atoms with Crippen molar-refractivity contribution < 1.29 is 0 Å². The topological polar surface area (TPSA) is 36.8 Å². The highest BCUT2D eigenvalue weighted by molar-refractivity contribution is 7.96. The lowest BCUT2D eigenvalue weighted by atomic mass is 10.4. The Morgan fingerprint density at radius 3 is 2.90 bits per heavy atom. The zero-order valence-electron chi connectivity index (χ0n) is 6.17. The predicted octanol–water partition coefficient (Wildman–Crippen LogP) is 0.930. The molecule has 0 radical (unpaired) electrons. The Labute approximate surface area is 67.0 Å². The molecule has 0 amide bonds. The molecule has 0 bridgehead atoms. The zero-order valence-corrected chi connectivity index (χ0v) is 7.06. The van der Waals surface area contributed by atoms with Gasteiger partial charge < -0.3 is 5.43 Å². The number of aliphatic imine (C=N–C) groups is 1. The highest BCUT2D eigenvalue weighted by atomic mass is 32.1. The maximum atomic E-state index is 4.08. The van der Waals surface area contributed by atoms with E-state index < -0.39 is 0 Å². The lowest BCUT2D eigenvalue weighted by Gasteiger charge is -1.95. The van der Waals surface area contributed by atoms with Crippen LogP contribution in [0.2, 0.25) is 0 Å². The largest absolute Gasteiger partial charge is 0.311 e. The minimum atomic E-state index is 0.803. The van der Waals surface area contributed by atoms with Crippen LogP contribution in [-0.2, 0) is 0 Å². The Balaban J connectivity index is 3.05. The quantitative estimate of drug-likeness (QED) is 0.202. The summed E-state index contributed by atoms with van der Waals surface area (Å²) in [6, 6.07) is 0. The van der Waals surface area contributed by atoms with Crippen molar-refractivity contribution in [1.82, 2.24) is 5.43 Å². The van der Waals surface area contributed by atoms with Gasteiger partial charge in [0.25, 0.3) is 0 Å². The number of rotatable bonds is 5. The molecule has 0 fully saturated rings. The van der Waals surface area contributed by atoms with E-state index in [-0.39, 0.29) is 0 Å². The standard InChI is InChI=1S/C6H13N3S/c1-6(10)8-4-3-5-9-7-2/h9H,2-5H2,1H3,(H,8,10). The van der Waals surface area contributed by atoms with Gasteiger partial charge >= 0.3 is 0 Å². The van der Waals surface area contributed by atoms with Crippen molar-refractivity contribution in [3.63, 3.8) is 0 Å². The van der Waals surface area contributed by atoms with Gasteiger partial charge in [0.2, 0.25) is 0 Å². The van der Waals surface area contributed by atoms with Crippen molar-refractivity contribution in [2.45, 2.75) is 13.3 Å². The summed E-state index contributed by atoms with van der Waals surface area (Å²) in [5.74, 6) is 0. The van der Waals surface area contributed by atoms with Crippen LogP contribution < -0.4 is 5.43 Å². The zero-order chi connectivity index (χ0) is 7.82. The molecule has 0 spiro atoms. The Morgan fingerprint density at radius 2 is 2.40 bits per heavy atom. The number of hydrazone groups is 1. The molecule has 1 N–H and O–H groups in total. The van der Waals surface area contributed by atoms with Gasteiger partial charge in [0.05, 0.1) is 5.04 Å². The van der Waals surface area contributed by atoms with E-state index in [1.54, 1.807) is 0 Å². The van der Waals surface area contributed by atoms with Crippen LogP contribution in [0.5, 0.6) is 0 Å². The van der Waals surface area contributed by atoms with Gasteiger partial charge in [-0.05, 0) is 13.3 Å². The number of nitrogens with one attached hydrogen (secondary N) is 1. The van der Waals surface area contributed by atoms with E-state index >= 15 is 0 Å². The average molecular weight is 159 g/mol. The third kappa shape index (κ3) is 7.49. The van der Waals surface area contributed by atoms with Gasteiger partial charge in [-0.3, -0.25) is 4.99 Å². The van der Waals surface area contributed by atoms with E-state index in [1.807, 2.05) is 6.92 Å². The Bertz CT molecular complexity index is 118. The van der Waals surface area contributed by atoms with Crippen LogP contribution in [0.3, 0.4) is 0 Å². The van der Waals surface area contributed by atoms with E-state index in [0.717, 1.165) is 24.6 Å². The Kier molecular flexibility index (Phi) is 6.27. The van der Waals surface area contributed by atoms with Gasteiger partial charge in [-0.15, -0.1) is 12.6 Å². The number of nitrogens with zero attached hydrogens (tertiary/aromatic N) is 2. The van der Waals surface area contributed by atoms with Gasteiger partial charge in [0.1, 0.15) is 0 Å². The highest BCUT2D eigenvalue weighted by Gasteiger charge is 1.82. The molecule has 58 valence electrons. The molecule has 0 atom stereocenters. The first-order valence-electron chi connectivity index (χ1n) is 3.16. The fourth-order valence-electron chi connectivity index (χ4n) is 0.478. The SMILES string of the molecule is C=NNCCC/N=C(/C)S. The Hall–Kier alpha value is -0.510. The molecule has 10 heavy (non-hydrogen) atoms. The molecule has 0 heterocycles. The third-order valence-corrected chi connectivity index (χ3v) is 1.04. The first-order chi connectivity index (χ1) is 4.77. The molecule has 0 saturated carbocycles. The van der Waals surface area contributed by atoms with E-state index in [1.165, 1.54) is 0 Å².